The summed E-state index contributed by atoms with van der Waals surface area (Å²) in [5.74, 6) is -1.07. The molecule has 0 bridgehead atoms. The second kappa shape index (κ2) is 11.5. The zero-order valence-electron chi connectivity index (χ0n) is 24.2. The molecule has 2 aliphatic rings. The van der Waals surface area contributed by atoms with Crippen molar-refractivity contribution in [1.82, 2.24) is 19.8 Å². The van der Waals surface area contributed by atoms with Crippen molar-refractivity contribution in [2.24, 2.45) is 4.99 Å². The quantitative estimate of drug-likeness (QED) is 0.275. The summed E-state index contributed by atoms with van der Waals surface area (Å²) >= 11 is 6.32. The van der Waals surface area contributed by atoms with Crippen molar-refractivity contribution in [1.29, 1.82) is 0 Å². The number of benzene rings is 3. The number of hydrogen-bond donors (Lipinski definition) is 1. The maximum Gasteiger partial charge on any atom is 0.253 e. The van der Waals surface area contributed by atoms with Crippen molar-refractivity contribution < 1.29 is 13.6 Å². The van der Waals surface area contributed by atoms with Gasteiger partial charge in [0.2, 0.25) is 5.95 Å². The lowest BCUT2D eigenvalue weighted by molar-refractivity contribution is 0.0494. The standard InChI is InChI=1S/C33H31ClF2N6O/c1-33(41(2)3)13-15-42(16-14-33)31(43)20-7-10-23(11-8-20)39-32-38-19-21-18-37-30(28-26(35)5-4-6-27(28)36)25-17-22(34)9-12-24(25)29(21)40-32/h4-12,17,19H,13-16,18H2,1-3H3,(H,38,39,40). The molecule has 0 atom stereocenters. The van der Waals surface area contributed by atoms with Gasteiger partial charge in [-0.25, -0.2) is 18.7 Å². The van der Waals surface area contributed by atoms with E-state index >= 15 is 0 Å². The monoisotopic (exact) mass is 600 g/mol. The Morgan fingerprint density at radius 1 is 1.00 bits per heavy atom. The zero-order valence-corrected chi connectivity index (χ0v) is 24.9. The molecule has 10 heteroatoms. The van der Waals surface area contributed by atoms with Crippen LogP contribution in [0.3, 0.4) is 0 Å². The molecular weight excluding hydrogens is 570 g/mol. The molecule has 3 heterocycles. The number of halogens is 3. The first kappa shape index (κ1) is 28.9. The number of likely N-dealkylation sites (tertiary alicyclic amines) is 1. The van der Waals surface area contributed by atoms with Gasteiger partial charge < -0.3 is 15.1 Å². The Morgan fingerprint density at radius 3 is 2.37 bits per heavy atom. The van der Waals surface area contributed by atoms with Gasteiger partial charge in [0, 0.05) is 57.8 Å². The molecule has 1 aromatic heterocycles. The van der Waals surface area contributed by atoms with E-state index in [9.17, 15) is 13.6 Å². The van der Waals surface area contributed by atoms with Crippen LogP contribution >= 0.6 is 11.6 Å². The number of nitrogens with one attached hydrogen (secondary N) is 1. The minimum Gasteiger partial charge on any atom is -0.339 e. The van der Waals surface area contributed by atoms with E-state index in [0.717, 1.165) is 25.9 Å². The van der Waals surface area contributed by atoms with Gasteiger partial charge in [0.25, 0.3) is 5.91 Å². The number of fused-ring (bicyclic) bond motifs is 3. The van der Waals surface area contributed by atoms with Gasteiger partial charge in [0.1, 0.15) is 11.6 Å². The first-order chi connectivity index (χ1) is 20.6. The largest absolute Gasteiger partial charge is 0.339 e. The van der Waals surface area contributed by atoms with E-state index in [0.29, 0.717) is 44.6 Å². The van der Waals surface area contributed by atoms with E-state index in [2.05, 4.69) is 41.2 Å². The molecule has 1 saturated heterocycles. The molecule has 3 aromatic carbocycles. The number of hydrogen-bond acceptors (Lipinski definition) is 6. The Labute approximate surface area is 254 Å². The third-order valence-electron chi connectivity index (χ3n) is 8.56. The summed E-state index contributed by atoms with van der Waals surface area (Å²) in [5.41, 5.74) is 3.80. The molecule has 0 saturated carbocycles. The molecule has 1 N–H and O–H groups in total. The van der Waals surface area contributed by atoms with Crippen LogP contribution in [0.5, 0.6) is 0 Å². The van der Waals surface area contributed by atoms with Gasteiger partial charge in [0.15, 0.2) is 0 Å². The third-order valence-corrected chi connectivity index (χ3v) is 8.79. The SMILES string of the molecule is CN(C)C1(C)CCN(C(=O)c2ccc(Nc3ncc4c(n3)-c3ccc(Cl)cc3C(c3c(F)cccc3F)=NC4)cc2)CC1. The molecule has 6 rings (SSSR count). The van der Waals surface area contributed by atoms with Gasteiger partial charge in [-0.1, -0.05) is 23.7 Å². The van der Waals surface area contributed by atoms with Crippen LogP contribution in [-0.2, 0) is 6.54 Å². The predicted molar refractivity (Wildman–Crippen MR) is 165 cm³/mol. The number of nitrogens with zero attached hydrogens (tertiary/aromatic N) is 5. The smallest absolute Gasteiger partial charge is 0.253 e. The Morgan fingerprint density at radius 2 is 1.70 bits per heavy atom. The lowest BCUT2D eigenvalue weighted by atomic mass is 9.88. The number of aromatic nitrogens is 2. The number of anilines is 2. The summed E-state index contributed by atoms with van der Waals surface area (Å²) in [6, 6.07) is 16.1. The fourth-order valence-electron chi connectivity index (χ4n) is 5.57. The molecule has 1 fully saturated rings. The topological polar surface area (TPSA) is 73.7 Å². The van der Waals surface area contributed by atoms with Crippen LogP contribution in [0.2, 0.25) is 5.02 Å². The molecule has 0 aliphatic carbocycles. The van der Waals surface area contributed by atoms with E-state index < -0.39 is 11.6 Å². The summed E-state index contributed by atoms with van der Waals surface area (Å²) in [5, 5.41) is 3.62. The summed E-state index contributed by atoms with van der Waals surface area (Å²) in [6.07, 6.45) is 3.51. The number of amides is 1. The lowest BCUT2D eigenvalue weighted by Crippen LogP contribution is -2.51. The average molecular weight is 601 g/mol. The van der Waals surface area contributed by atoms with E-state index in [-0.39, 0.29) is 29.3 Å². The third kappa shape index (κ3) is 5.62. The fraction of sp³-hybridized carbons (Fsp3) is 0.273. The van der Waals surface area contributed by atoms with Crippen molar-refractivity contribution >= 4 is 34.9 Å². The first-order valence-electron chi connectivity index (χ1n) is 14.1. The summed E-state index contributed by atoms with van der Waals surface area (Å²) in [6.45, 7) is 3.81. The summed E-state index contributed by atoms with van der Waals surface area (Å²) in [4.78, 5) is 31.1. The van der Waals surface area contributed by atoms with Crippen LogP contribution in [0.15, 0.2) is 71.9 Å². The Balaban J connectivity index is 1.24. The van der Waals surface area contributed by atoms with Crippen molar-refractivity contribution in [2.75, 3.05) is 32.5 Å². The first-order valence-corrected chi connectivity index (χ1v) is 14.5. The van der Waals surface area contributed by atoms with E-state index in [4.69, 9.17) is 16.6 Å². The molecule has 4 aromatic rings. The normalized spacial score (nSPS) is 15.8. The molecule has 0 unspecified atom stereocenters. The van der Waals surface area contributed by atoms with Gasteiger partial charge >= 0.3 is 0 Å². The second-order valence-electron chi connectivity index (χ2n) is 11.4. The maximum absolute atomic E-state index is 14.8. The Bertz CT molecular complexity index is 1710. The minimum atomic E-state index is -0.710. The van der Waals surface area contributed by atoms with Crippen molar-refractivity contribution in [3.05, 3.63) is 106 Å². The van der Waals surface area contributed by atoms with E-state index in [1.165, 1.54) is 18.2 Å². The molecule has 43 heavy (non-hydrogen) atoms. The molecule has 1 amide bonds. The molecule has 220 valence electrons. The highest BCUT2D eigenvalue weighted by Crippen LogP contribution is 2.35. The van der Waals surface area contributed by atoms with Crippen LogP contribution in [0.4, 0.5) is 20.4 Å². The zero-order chi connectivity index (χ0) is 30.3. The van der Waals surface area contributed by atoms with Crippen molar-refractivity contribution in [2.45, 2.75) is 31.8 Å². The second-order valence-corrected chi connectivity index (χ2v) is 11.8. The summed E-state index contributed by atoms with van der Waals surface area (Å²) in [7, 11) is 4.17. The number of piperidine rings is 1. The number of aliphatic imine (C=N–C) groups is 1. The van der Waals surface area contributed by atoms with Crippen LogP contribution in [-0.4, -0.2) is 64.1 Å². The van der Waals surface area contributed by atoms with E-state index in [1.807, 2.05) is 17.0 Å². The highest BCUT2D eigenvalue weighted by molar-refractivity contribution is 6.31. The number of rotatable bonds is 5. The van der Waals surface area contributed by atoms with Gasteiger partial charge in [-0.15, -0.1) is 0 Å². The predicted octanol–water partition coefficient (Wildman–Crippen LogP) is 6.73. The van der Waals surface area contributed by atoms with Gasteiger partial charge in [-0.3, -0.25) is 9.79 Å². The average Bonchev–Trinajstić information content (AvgIpc) is 3.14. The molecule has 0 spiro atoms. The van der Waals surface area contributed by atoms with Crippen molar-refractivity contribution in [3.8, 4) is 11.3 Å². The number of carbonyl (C=O) groups is 1. The van der Waals surface area contributed by atoms with Gasteiger partial charge in [0.05, 0.1) is 23.5 Å². The van der Waals surface area contributed by atoms with Crippen LogP contribution in [0.25, 0.3) is 11.3 Å². The maximum atomic E-state index is 14.8. The summed E-state index contributed by atoms with van der Waals surface area (Å²) < 4.78 is 29.6. The molecule has 0 radical (unpaired) electrons. The minimum absolute atomic E-state index is 0.0194. The van der Waals surface area contributed by atoms with Crippen LogP contribution in [0, 0.1) is 11.6 Å². The van der Waals surface area contributed by atoms with Gasteiger partial charge in [-0.05, 0) is 82.4 Å². The number of carbonyl (C=O) groups excluding carboxylic acids is 1. The Kier molecular flexibility index (Phi) is 7.70. The van der Waals surface area contributed by atoms with Crippen LogP contribution < -0.4 is 5.32 Å². The fourth-order valence-corrected chi connectivity index (χ4v) is 5.74. The Hall–Kier alpha value is -4.21. The highest BCUT2D eigenvalue weighted by Gasteiger charge is 2.33. The molecule has 2 aliphatic heterocycles. The van der Waals surface area contributed by atoms with E-state index in [1.54, 1.807) is 36.5 Å². The van der Waals surface area contributed by atoms with Crippen LogP contribution in [0.1, 0.15) is 46.8 Å². The molecule has 7 nitrogen and oxygen atoms in total. The molecular formula is C33H31ClF2N6O. The van der Waals surface area contributed by atoms with Crippen molar-refractivity contribution in [3.63, 3.8) is 0 Å². The highest BCUT2D eigenvalue weighted by atomic mass is 35.5. The lowest BCUT2D eigenvalue weighted by Gasteiger charge is -2.43. The van der Waals surface area contributed by atoms with Gasteiger partial charge in [-0.2, -0.15) is 0 Å².